The van der Waals surface area contributed by atoms with Gasteiger partial charge in [-0.15, -0.1) is 5.10 Å². The summed E-state index contributed by atoms with van der Waals surface area (Å²) in [5.41, 5.74) is 1.04. The Morgan fingerprint density at radius 2 is 2.25 bits per heavy atom. The van der Waals surface area contributed by atoms with Gasteiger partial charge in [0, 0.05) is 0 Å². The van der Waals surface area contributed by atoms with Crippen LogP contribution in [0.1, 0.15) is 25.7 Å². The normalized spacial score (nSPS) is 17.2. The zero-order valence-corrected chi connectivity index (χ0v) is 11.4. The second-order valence-electron chi connectivity index (χ2n) is 4.38. The van der Waals surface area contributed by atoms with E-state index in [1.807, 2.05) is 0 Å². The smallest absolute Gasteiger partial charge is 0.265 e. The fraction of sp³-hybridized carbons (Fsp3) is 0.231. The van der Waals surface area contributed by atoms with Crippen LogP contribution in [-0.4, -0.2) is 33.9 Å². The molecule has 0 saturated heterocycles. The molecule has 0 radical (unpaired) electrons. The summed E-state index contributed by atoms with van der Waals surface area (Å²) in [7, 11) is 0. The minimum atomic E-state index is -0.682. The van der Waals surface area contributed by atoms with Crippen LogP contribution in [0.15, 0.2) is 24.3 Å². The fourth-order valence-electron chi connectivity index (χ4n) is 2.00. The van der Waals surface area contributed by atoms with Gasteiger partial charge in [-0.1, -0.05) is 16.6 Å². The Morgan fingerprint density at radius 1 is 1.45 bits per heavy atom. The van der Waals surface area contributed by atoms with Gasteiger partial charge >= 0.3 is 0 Å². The third-order valence-corrected chi connectivity index (χ3v) is 3.86. The lowest BCUT2D eigenvalue weighted by atomic mass is 10.0. The van der Waals surface area contributed by atoms with Crippen LogP contribution < -0.4 is 10.1 Å². The first-order chi connectivity index (χ1) is 9.66. The van der Waals surface area contributed by atoms with Crippen molar-refractivity contribution in [3.63, 3.8) is 0 Å². The van der Waals surface area contributed by atoms with E-state index in [2.05, 4.69) is 14.9 Å². The highest BCUT2D eigenvalue weighted by molar-refractivity contribution is 7.08. The number of hydrogen-bond donors (Lipinski definition) is 1. The van der Waals surface area contributed by atoms with Crippen LogP contribution in [0.3, 0.4) is 0 Å². The third kappa shape index (κ3) is 2.16. The number of rotatable bonds is 2. The van der Waals surface area contributed by atoms with Gasteiger partial charge in [-0.25, -0.2) is 0 Å². The molecule has 2 heterocycles. The van der Waals surface area contributed by atoms with Crippen molar-refractivity contribution in [3.8, 4) is 5.75 Å². The highest BCUT2D eigenvalue weighted by Crippen LogP contribution is 2.24. The highest BCUT2D eigenvalue weighted by atomic mass is 32.1. The summed E-state index contributed by atoms with van der Waals surface area (Å²) in [4.78, 5) is 24.8. The third-order valence-electron chi connectivity index (χ3n) is 3.04. The van der Waals surface area contributed by atoms with Crippen LogP contribution >= 0.6 is 11.5 Å². The summed E-state index contributed by atoms with van der Waals surface area (Å²) in [5, 5.41) is 6.45. The van der Waals surface area contributed by atoms with Crippen molar-refractivity contribution >= 4 is 23.2 Å². The van der Waals surface area contributed by atoms with Gasteiger partial charge in [-0.05, 0) is 30.6 Å². The Kier molecular flexibility index (Phi) is 3.19. The Balaban J connectivity index is 1.79. The number of Topliss-reactive ketones (excluding diaryl/α,β-unsaturated/α-hetero) is 1. The van der Waals surface area contributed by atoms with E-state index in [9.17, 15) is 9.59 Å². The topological polar surface area (TPSA) is 81.2 Å². The monoisotopic (exact) mass is 289 g/mol. The summed E-state index contributed by atoms with van der Waals surface area (Å²) in [5.74, 6) is 0.0628. The Bertz CT molecular complexity index is 683. The number of amides is 1. The molecule has 1 atom stereocenters. The molecule has 1 aromatic heterocycles. The lowest BCUT2D eigenvalue weighted by Crippen LogP contribution is -2.47. The number of ether oxygens (including phenoxy) is 1. The van der Waals surface area contributed by atoms with Gasteiger partial charge in [0.25, 0.3) is 5.91 Å². The molecule has 7 heteroatoms. The molecule has 0 bridgehead atoms. The number of aryl methyl sites for hydroxylation is 1. The largest absolute Gasteiger partial charge is 0.490 e. The van der Waals surface area contributed by atoms with E-state index < -0.39 is 6.04 Å². The molecule has 0 saturated carbocycles. The van der Waals surface area contributed by atoms with Gasteiger partial charge in [0.1, 0.15) is 23.3 Å². The number of hydrogen-bond acceptors (Lipinski definition) is 6. The predicted molar refractivity (Wildman–Crippen MR) is 72.2 cm³/mol. The van der Waals surface area contributed by atoms with Crippen molar-refractivity contribution in [2.75, 3.05) is 6.61 Å². The SMILES string of the molecule is Cc1nnsc1C(=O)N[C@H]1COc2ccccc2C1=O. The van der Waals surface area contributed by atoms with E-state index in [4.69, 9.17) is 4.74 Å². The molecule has 20 heavy (non-hydrogen) atoms. The molecule has 1 aliphatic rings. The molecule has 1 aliphatic heterocycles. The number of aromatic nitrogens is 2. The standard InChI is InChI=1S/C13H11N3O3S/c1-7-12(20-16-15-7)13(18)14-9-6-19-10-5-3-2-4-8(10)11(9)17/h2-5,9H,6H2,1H3,(H,14,18)/t9-/m0/s1. The number of ketones is 1. The number of benzene rings is 1. The van der Waals surface area contributed by atoms with Crippen molar-refractivity contribution in [2.24, 2.45) is 0 Å². The van der Waals surface area contributed by atoms with Gasteiger partial charge in [-0.3, -0.25) is 9.59 Å². The Hall–Kier alpha value is -2.28. The molecule has 0 unspecified atom stereocenters. The van der Waals surface area contributed by atoms with E-state index in [1.54, 1.807) is 31.2 Å². The fourth-order valence-corrected chi connectivity index (χ4v) is 2.56. The summed E-state index contributed by atoms with van der Waals surface area (Å²) in [6, 6.07) is 6.32. The van der Waals surface area contributed by atoms with Gasteiger partial charge in [0.15, 0.2) is 5.78 Å². The van der Waals surface area contributed by atoms with Crippen LogP contribution in [0.2, 0.25) is 0 Å². The van der Waals surface area contributed by atoms with Gasteiger partial charge in [0.2, 0.25) is 0 Å². The number of carbonyl (C=O) groups excluding carboxylic acids is 2. The summed E-state index contributed by atoms with van der Waals surface area (Å²) in [6.07, 6.45) is 0. The van der Waals surface area contributed by atoms with Gasteiger partial charge in [-0.2, -0.15) is 0 Å². The minimum absolute atomic E-state index is 0.132. The van der Waals surface area contributed by atoms with Crippen LogP contribution in [0.4, 0.5) is 0 Å². The molecular formula is C13H11N3O3S. The average Bonchev–Trinajstić information content (AvgIpc) is 2.88. The van der Waals surface area contributed by atoms with Crippen LogP contribution in [-0.2, 0) is 0 Å². The molecule has 1 amide bonds. The molecule has 0 spiro atoms. The van der Waals surface area contributed by atoms with Crippen molar-refractivity contribution in [1.29, 1.82) is 0 Å². The van der Waals surface area contributed by atoms with E-state index in [0.29, 0.717) is 21.9 Å². The Labute approximate surface area is 118 Å². The zero-order chi connectivity index (χ0) is 14.1. The molecule has 3 rings (SSSR count). The van der Waals surface area contributed by atoms with E-state index in [0.717, 1.165) is 11.5 Å². The number of nitrogens with one attached hydrogen (secondary N) is 1. The van der Waals surface area contributed by atoms with Crippen LogP contribution in [0, 0.1) is 6.92 Å². The number of nitrogens with zero attached hydrogens (tertiary/aromatic N) is 2. The molecule has 102 valence electrons. The maximum Gasteiger partial charge on any atom is 0.265 e. The number of fused-ring (bicyclic) bond motifs is 1. The van der Waals surface area contributed by atoms with Crippen LogP contribution in [0.5, 0.6) is 5.75 Å². The van der Waals surface area contributed by atoms with Crippen LogP contribution in [0.25, 0.3) is 0 Å². The number of carbonyl (C=O) groups is 2. The predicted octanol–water partition coefficient (Wildman–Crippen LogP) is 1.22. The first-order valence-electron chi connectivity index (χ1n) is 6.02. The maximum atomic E-state index is 12.3. The molecule has 1 N–H and O–H groups in total. The molecule has 0 fully saturated rings. The zero-order valence-electron chi connectivity index (χ0n) is 10.6. The summed E-state index contributed by atoms with van der Waals surface area (Å²) < 4.78 is 9.20. The first kappa shape index (κ1) is 12.7. The molecule has 6 nitrogen and oxygen atoms in total. The molecule has 0 aliphatic carbocycles. The lowest BCUT2D eigenvalue weighted by molar-refractivity contribution is 0.0796. The first-order valence-corrected chi connectivity index (χ1v) is 6.80. The van der Waals surface area contributed by atoms with Gasteiger partial charge in [0.05, 0.1) is 11.3 Å². The quantitative estimate of drug-likeness (QED) is 0.899. The molecule has 2 aromatic rings. The number of para-hydroxylation sites is 1. The second-order valence-corrected chi connectivity index (χ2v) is 5.14. The summed E-state index contributed by atoms with van der Waals surface area (Å²) in [6.45, 7) is 1.83. The highest BCUT2D eigenvalue weighted by Gasteiger charge is 2.30. The van der Waals surface area contributed by atoms with Crippen molar-refractivity contribution < 1.29 is 14.3 Å². The van der Waals surface area contributed by atoms with Crippen molar-refractivity contribution in [3.05, 3.63) is 40.4 Å². The lowest BCUT2D eigenvalue weighted by Gasteiger charge is -2.24. The molecular weight excluding hydrogens is 278 g/mol. The summed E-state index contributed by atoms with van der Waals surface area (Å²) >= 11 is 1.01. The van der Waals surface area contributed by atoms with E-state index in [1.165, 1.54) is 0 Å². The van der Waals surface area contributed by atoms with E-state index in [-0.39, 0.29) is 18.3 Å². The van der Waals surface area contributed by atoms with Crippen molar-refractivity contribution in [1.82, 2.24) is 14.9 Å². The van der Waals surface area contributed by atoms with Gasteiger partial charge < -0.3 is 10.1 Å². The maximum absolute atomic E-state index is 12.3. The molecule has 1 aromatic carbocycles. The van der Waals surface area contributed by atoms with E-state index >= 15 is 0 Å². The van der Waals surface area contributed by atoms with Crippen molar-refractivity contribution in [2.45, 2.75) is 13.0 Å². The second kappa shape index (κ2) is 5.01. The average molecular weight is 289 g/mol. The Morgan fingerprint density at radius 3 is 3.00 bits per heavy atom. The minimum Gasteiger partial charge on any atom is -0.490 e.